The topological polar surface area (TPSA) is 196 Å². The summed E-state index contributed by atoms with van der Waals surface area (Å²) in [6.45, 7) is 1.63. The number of nitrogens with zero attached hydrogens (tertiary/aromatic N) is 5. The van der Waals surface area contributed by atoms with E-state index < -0.39 is 31.4 Å². The summed E-state index contributed by atoms with van der Waals surface area (Å²) in [5, 5.41) is 37.9. The monoisotopic (exact) mass is 505 g/mol. The highest BCUT2D eigenvalue weighted by atomic mass is 32.2. The largest absolute Gasteiger partial charge is 0.744 e. The van der Waals surface area contributed by atoms with E-state index in [1.165, 1.54) is 30.3 Å². The van der Waals surface area contributed by atoms with E-state index in [1.54, 1.807) is 37.3 Å². The van der Waals surface area contributed by atoms with Crippen molar-refractivity contribution < 1.29 is 23.0 Å². The number of azo groups is 2. The number of nitrogens with two attached hydrogens (primary N) is 1. The molecule has 4 rings (SSSR count). The molecule has 0 fully saturated rings. The molecule has 0 saturated heterocycles. The van der Waals surface area contributed by atoms with Crippen LogP contribution in [0.1, 0.15) is 5.56 Å². The number of benzene rings is 4. The summed E-state index contributed by atoms with van der Waals surface area (Å²) in [4.78, 5) is 9.52. The summed E-state index contributed by atoms with van der Waals surface area (Å²) in [5.41, 5.74) is 6.88. The summed E-state index contributed by atoms with van der Waals surface area (Å²) in [7, 11) is -5.04. The Morgan fingerprint density at radius 3 is 2.06 bits per heavy atom. The van der Waals surface area contributed by atoms with Gasteiger partial charge in [0.05, 0.1) is 32.3 Å². The summed E-state index contributed by atoms with van der Waals surface area (Å²) in [6.07, 6.45) is 0. The van der Waals surface area contributed by atoms with E-state index in [2.05, 4.69) is 20.5 Å². The number of anilines is 1. The molecule has 3 N–H and O–H groups in total. The lowest BCUT2D eigenvalue weighted by Gasteiger charge is -2.16. The number of fused-ring (bicyclic) bond motifs is 1. The molecule has 13 heteroatoms. The van der Waals surface area contributed by atoms with Crippen LogP contribution in [0.4, 0.5) is 34.1 Å². The first kappa shape index (κ1) is 24.4. The van der Waals surface area contributed by atoms with Crippen LogP contribution in [0, 0.1) is 17.0 Å². The molecule has 0 aliphatic carbocycles. The average molecular weight is 505 g/mol. The van der Waals surface area contributed by atoms with E-state index in [9.17, 15) is 28.2 Å². The van der Waals surface area contributed by atoms with Crippen LogP contribution < -0.4 is 5.73 Å². The number of nitro groups is 1. The zero-order valence-electron chi connectivity index (χ0n) is 18.6. The molecular weight excluding hydrogens is 488 g/mol. The first-order chi connectivity index (χ1) is 17.1. The van der Waals surface area contributed by atoms with Gasteiger partial charge in [0, 0.05) is 12.1 Å². The van der Waals surface area contributed by atoms with Gasteiger partial charge in [0.2, 0.25) is 0 Å². The van der Waals surface area contributed by atoms with Gasteiger partial charge in [0.15, 0.2) is 5.75 Å². The molecule has 0 atom stereocenters. The van der Waals surface area contributed by atoms with Crippen molar-refractivity contribution in [3.05, 3.63) is 82.4 Å². The maximum absolute atomic E-state index is 11.9. The second-order valence-electron chi connectivity index (χ2n) is 7.59. The fourth-order valence-corrected chi connectivity index (χ4v) is 4.10. The van der Waals surface area contributed by atoms with Crippen LogP contribution in [0.15, 0.2) is 92.1 Å². The number of non-ortho nitro benzene ring substituents is 1. The Labute approximate surface area is 204 Å². The van der Waals surface area contributed by atoms with Gasteiger partial charge in [-0.3, -0.25) is 10.1 Å². The van der Waals surface area contributed by atoms with Crippen LogP contribution in [0.2, 0.25) is 0 Å². The third-order valence-corrected chi connectivity index (χ3v) is 6.01. The summed E-state index contributed by atoms with van der Waals surface area (Å²) < 4.78 is 35.8. The lowest BCUT2D eigenvalue weighted by atomic mass is 10.0. The Bertz CT molecular complexity index is 1650. The molecule has 36 heavy (non-hydrogen) atoms. The van der Waals surface area contributed by atoms with E-state index in [0.717, 1.165) is 6.07 Å². The van der Waals surface area contributed by atoms with E-state index in [0.29, 0.717) is 16.9 Å². The number of hydrogen-bond donors (Lipinski definition) is 2. The molecule has 0 heterocycles. The minimum absolute atomic E-state index is 0.00709. The minimum atomic E-state index is -5.04. The number of rotatable bonds is 6. The van der Waals surface area contributed by atoms with Crippen LogP contribution in [-0.2, 0) is 10.1 Å². The van der Waals surface area contributed by atoms with Crippen molar-refractivity contribution >= 4 is 55.0 Å². The Kier molecular flexibility index (Phi) is 6.42. The zero-order chi connectivity index (χ0) is 26.0. The smallest absolute Gasteiger partial charge is 0.269 e. The fourth-order valence-electron chi connectivity index (χ4n) is 3.45. The van der Waals surface area contributed by atoms with E-state index in [1.807, 2.05) is 0 Å². The van der Waals surface area contributed by atoms with Crippen molar-refractivity contribution in [2.75, 3.05) is 5.73 Å². The number of aromatic hydroxyl groups is 1. The van der Waals surface area contributed by atoms with Crippen LogP contribution in [-0.4, -0.2) is 23.0 Å². The molecule has 0 bridgehead atoms. The molecule has 4 aromatic carbocycles. The summed E-state index contributed by atoms with van der Waals surface area (Å²) in [5.74, 6) is -0.661. The second-order valence-corrected chi connectivity index (χ2v) is 8.94. The van der Waals surface area contributed by atoms with Crippen molar-refractivity contribution in [1.29, 1.82) is 0 Å². The SMILES string of the molecule is Cc1cc2cc(S(=O)(=O)[O-])c(N=Nc3ccccc3)c(O)c2c(N)c1N=Nc1ccc([N+](=O)[O-])cc1. The zero-order valence-corrected chi connectivity index (χ0v) is 19.4. The van der Waals surface area contributed by atoms with E-state index >= 15 is 0 Å². The Morgan fingerprint density at radius 2 is 1.47 bits per heavy atom. The van der Waals surface area contributed by atoms with Crippen molar-refractivity contribution in [1.82, 2.24) is 0 Å². The standard InChI is InChI=1S/C23H18N6O6S/c1-13-11-14-12-18(36(33,34)35)22(28-25-15-5-3-2-4-6-15)23(30)19(14)20(24)21(13)27-26-16-7-9-17(10-8-16)29(31)32/h2-12,30H,24H2,1H3,(H,33,34,35)/p-1. The molecule has 12 nitrogen and oxygen atoms in total. The maximum atomic E-state index is 11.9. The molecule has 0 aliphatic heterocycles. The van der Waals surface area contributed by atoms with Gasteiger partial charge in [-0.05, 0) is 54.3 Å². The Balaban J connectivity index is 1.87. The first-order valence-corrected chi connectivity index (χ1v) is 11.6. The molecular formula is C23H17N6O6S-. The molecule has 0 aliphatic rings. The second kappa shape index (κ2) is 9.48. The van der Waals surface area contributed by atoms with Crippen molar-refractivity contribution in [2.45, 2.75) is 11.8 Å². The van der Waals surface area contributed by atoms with Gasteiger partial charge in [-0.25, -0.2) is 8.42 Å². The third kappa shape index (κ3) is 4.87. The van der Waals surface area contributed by atoms with Crippen LogP contribution in [0.3, 0.4) is 0 Å². The third-order valence-electron chi connectivity index (χ3n) is 5.16. The van der Waals surface area contributed by atoms with Crippen molar-refractivity contribution in [2.24, 2.45) is 20.5 Å². The van der Waals surface area contributed by atoms with E-state index in [4.69, 9.17) is 5.73 Å². The number of aryl methyl sites for hydroxylation is 1. The summed E-state index contributed by atoms with van der Waals surface area (Å²) >= 11 is 0. The molecule has 0 unspecified atom stereocenters. The van der Waals surface area contributed by atoms with Gasteiger partial charge in [0.1, 0.15) is 21.5 Å². The maximum Gasteiger partial charge on any atom is 0.269 e. The molecule has 4 aromatic rings. The van der Waals surface area contributed by atoms with Crippen LogP contribution in [0.25, 0.3) is 10.8 Å². The lowest BCUT2D eigenvalue weighted by molar-refractivity contribution is -0.384. The quantitative estimate of drug-likeness (QED) is 0.104. The molecule has 0 aromatic heterocycles. The molecule has 182 valence electrons. The predicted molar refractivity (Wildman–Crippen MR) is 131 cm³/mol. The van der Waals surface area contributed by atoms with Gasteiger partial charge in [0.25, 0.3) is 5.69 Å². The van der Waals surface area contributed by atoms with Crippen molar-refractivity contribution in [3.63, 3.8) is 0 Å². The molecule has 0 spiro atoms. The molecule has 0 saturated carbocycles. The highest BCUT2D eigenvalue weighted by Crippen LogP contribution is 2.47. The van der Waals surface area contributed by atoms with Gasteiger partial charge < -0.3 is 15.4 Å². The van der Waals surface area contributed by atoms with Crippen LogP contribution >= 0.6 is 0 Å². The number of hydrogen-bond acceptors (Lipinski definition) is 11. The van der Waals surface area contributed by atoms with Gasteiger partial charge in [-0.2, -0.15) is 10.2 Å². The first-order valence-electron chi connectivity index (χ1n) is 10.2. The van der Waals surface area contributed by atoms with Crippen molar-refractivity contribution in [3.8, 4) is 5.75 Å². The molecule has 0 radical (unpaired) electrons. The fraction of sp³-hybridized carbons (Fsp3) is 0.0435. The van der Waals surface area contributed by atoms with Crippen LogP contribution in [0.5, 0.6) is 5.75 Å². The highest BCUT2D eigenvalue weighted by Gasteiger charge is 2.21. The number of nitrogen functional groups attached to an aromatic ring is 1. The average Bonchev–Trinajstić information content (AvgIpc) is 2.83. The lowest BCUT2D eigenvalue weighted by Crippen LogP contribution is -2.01. The number of nitro benzene ring substituents is 1. The van der Waals surface area contributed by atoms with Gasteiger partial charge in [-0.1, -0.05) is 18.2 Å². The normalized spacial score (nSPS) is 12.1. The molecule has 0 amide bonds. The van der Waals surface area contributed by atoms with Gasteiger partial charge in [-0.15, -0.1) is 10.2 Å². The van der Waals surface area contributed by atoms with Gasteiger partial charge >= 0.3 is 0 Å². The Morgan fingerprint density at radius 1 is 0.889 bits per heavy atom. The van der Waals surface area contributed by atoms with E-state index in [-0.39, 0.29) is 27.8 Å². The summed E-state index contributed by atoms with van der Waals surface area (Å²) in [6, 6.07) is 16.2. The highest BCUT2D eigenvalue weighted by molar-refractivity contribution is 7.86. The Hall–Kier alpha value is -4.75. The minimum Gasteiger partial charge on any atom is -0.744 e. The number of phenolic OH excluding ortho intramolecular Hbond substituents is 1. The predicted octanol–water partition coefficient (Wildman–Crippen LogP) is 6.08. The number of phenols is 1.